The van der Waals surface area contributed by atoms with Gasteiger partial charge in [0, 0.05) is 39.8 Å². The van der Waals surface area contributed by atoms with E-state index in [0.29, 0.717) is 18.2 Å². The molecule has 3 aromatic carbocycles. The van der Waals surface area contributed by atoms with E-state index in [4.69, 9.17) is 21.1 Å². The van der Waals surface area contributed by atoms with E-state index in [1.54, 1.807) is 7.11 Å². The maximum absolute atomic E-state index is 6.27. The van der Waals surface area contributed by atoms with Crippen LogP contribution in [0.5, 0.6) is 11.5 Å². The van der Waals surface area contributed by atoms with Gasteiger partial charge in [0.15, 0.2) is 11.5 Å². The van der Waals surface area contributed by atoms with Gasteiger partial charge in [-0.3, -0.25) is 0 Å². The first kappa shape index (κ1) is 23.0. The number of para-hydroxylation sites is 2. The first-order valence-electron chi connectivity index (χ1n) is 10.0. The third kappa shape index (κ3) is 5.53. The van der Waals surface area contributed by atoms with Crippen molar-refractivity contribution in [3.05, 3.63) is 94.6 Å². The monoisotopic (exact) mass is 456 g/mol. The summed E-state index contributed by atoms with van der Waals surface area (Å²) in [6.07, 6.45) is 3.04. The minimum absolute atomic E-state index is 0. The normalized spacial score (nSPS) is 10.6. The summed E-state index contributed by atoms with van der Waals surface area (Å²) < 4.78 is 11.7. The summed E-state index contributed by atoms with van der Waals surface area (Å²) in [6, 6.07) is 22.1. The van der Waals surface area contributed by atoms with E-state index >= 15 is 0 Å². The van der Waals surface area contributed by atoms with Gasteiger partial charge in [-0.1, -0.05) is 60.1 Å². The third-order valence-corrected chi connectivity index (χ3v) is 5.54. The molecule has 0 aliphatic rings. The standard InChI is InChI=1S/C25H25ClN2O2.ClH/c1-29-24-12-6-8-19(25(24)30-17-20-7-2-4-10-22(20)26)15-27-14-13-18-16-28-23-11-5-3-9-21(18)23;/h2-12,16,27-28H,13-15,17H2,1H3;1H. The molecule has 6 heteroatoms. The molecule has 0 radical (unpaired) electrons. The van der Waals surface area contributed by atoms with Crippen LogP contribution in [0.1, 0.15) is 16.7 Å². The number of hydrogen-bond acceptors (Lipinski definition) is 3. The maximum atomic E-state index is 6.27. The fourth-order valence-corrected chi connectivity index (χ4v) is 3.77. The van der Waals surface area contributed by atoms with E-state index in [-0.39, 0.29) is 12.4 Å². The molecule has 1 aromatic heterocycles. The lowest BCUT2D eigenvalue weighted by Gasteiger charge is -2.16. The number of aromatic amines is 1. The fraction of sp³-hybridized carbons (Fsp3) is 0.200. The molecule has 31 heavy (non-hydrogen) atoms. The molecule has 162 valence electrons. The number of aromatic nitrogens is 1. The molecule has 0 fully saturated rings. The molecule has 0 amide bonds. The maximum Gasteiger partial charge on any atom is 0.166 e. The molecule has 0 saturated carbocycles. The van der Waals surface area contributed by atoms with Gasteiger partial charge in [-0.25, -0.2) is 0 Å². The molecule has 0 saturated heterocycles. The Kier molecular flexibility index (Phi) is 8.24. The number of nitrogens with one attached hydrogen (secondary N) is 2. The lowest BCUT2D eigenvalue weighted by Crippen LogP contribution is -2.17. The number of methoxy groups -OCH3 is 1. The molecular weight excluding hydrogens is 431 g/mol. The topological polar surface area (TPSA) is 46.3 Å². The largest absolute Gasteiger partial charge is 0.493 e. The Bertz CT molecular complexity index is 1130. The average Bonchev–Trinajstić information content (AvgIpc) is 3.19. The number of H-pyrrole nitrogens is 1. The summed E-state index contributed by atoms with van der Waals surface area (Å²) in [5, 5.41) is 5.51. The minimum atomic E-state index is 0. The Morgan fingerprint density at radius 2 is 1.68 bits per heavy atom. The van der Waals surface area contributed by atoms with E-state index < -0.39 is 0 Å². The molecule has 1 heterocycles. The number of benzene rings is 3. The Hall–Kier alpha value is -2.66. The molecule has 0 atom stereocenters. The second kappa shape index (κ2) is 11.1. The van der Waals surface area contributed by atoms with Crippen molar-refractivity contribution in [3.8, 4) is 11.5 Å². The van der Waals surface area contributed by atoms with Gasteiger partial charge in [-0.15, -0.1) is 12.4 Å². The Labute approximate surface area is 193 Å². The minimum Gasteiger partial charge on any atom is -0.493 e. The number of fused-ring (bicyclic) bond motifs is 1. The van der Waals surface area contributed by atoms with Gasteiger partial charge in [-0.2, -0.15) is 0 Å². The van der Waals surface area contributed by atoms with Gasteiger partial charge < -0.3 is 19.8 Å². The number of ether oxygens (including phenoxy) is 2. The molecule has 0 aliphatic carbocycles. The average molecular weight is 457 g/mol. The number of rotatable bonds is 9. The van der Waals surface area contributed by atoms with Crippen molar-refractivity contribution in [1.82, 2.24) is 10.3 Å². The number of hydrogen-bond donors (Lipinski definition) is 2. The van der Waals surface area contributed by atoms with Gasteiger partial charge in [0.05, 0.1) is 7.11 Å². The van der Waals surface area contributed by atoms with E-state index in [1.807, 2.05) is 42.5 Å². The van der Waals surface area contributed by atoms with Crippen molar-refractivity contribution in [2.45, 2.75) is 19.6 Å². The van der Waals surface area contributed by atoms with Crippen LogP contribution in [-0.2, 0) is 19.6 Å². The Morgan fingerprint density at radius 1 is 0.903 bits per heavy atom. The quantitative estimate of drug-likeness (QED) is 0.296. The predicted molar refractivity (Wildman–Crippen MR) is 130 cm³/mol. The fourth-order valence-electron chi connectivity index (χ4n) is 3.57. The zero-order valence-corrected chi connectivity index (χ0v) is 18.9. The first-order valence-corrected chi connectivity index (χ1v) is 10.4. The van der Waals surface area contributed by atoms with Gasteiger partial charge in [0.25, 0.3) is 0 Å². The summed E-state index contributed by atoms with van der Waals surface area (Å²) in [5.41, 5.74) is 4.50. The molecule has 0 bridgehead atoms. The van der Waals surface area contributed by atoms with E-state index in [2.05, 4.69) is 40.8 Å². The van der Waals surface area contributed by atoms with Crippen molar-refractivity contribution >= 4 is 34.9 Å². The lowest BCUT2D eigenvalue weighted by molar-refractivity contribution is 0.281. The zero-order valence-electron chi connectivity index (χ0n) is 17.4. The van der Waals surface area contributed by atoms with Crippen LogP contribution in [0.2, 0.25) is 5.02 Å². The van der Waals surface area contributed by atoms with E-state index in [9.17, 15) is 0 Å². The van der Waals surface area contributed by atoms with E-state index in [0.717, 1.165) is 35.6 Å². The van der Waals surface area contributed by atoms with Crippen LogP contribution >= 0.6 is 24.0 Å². The molecule has 2 N–H and O–H groups in total. The van der Waals surface area contributed by atoms with Gasteiger partial charge in [0.1, 0.15) is 6.61 Å². The first-order chi connectivity index (χ1) is 14.8. The lowest BCUT2D eigenvalue weighted by atomic mass is 10.1. The van der Waals surface area contributed by atoms with Crippen molar-refractivity contribution in [2.75, 3.05) is 13.7 Å². The van der Waals surface area contributed by atoms with Crippen LogP contribution in [-0.4, -0.2) is 18.6 Å². The Balaban J connectivity index is 0.00000272. The SMILES string of the molecule is COc1cccc(CNCCc2c[nH]c3ccccc23)c1OCc1ccccc1Cl.Cl. The smallest absolute Gasteiger partial charge is 0.166 e. The molecule has 4 aromatic rings. The van der Waals surface area contributed by atoms with Gasteiger partial charge >= 0.3 is 0 Å². The molecular formula is C25H26Cl2N2O2. The summed E-state index contributed by atoms with van der Waals surface area (Å²) in [5.74, 6) is 1.47. The molecule has 0 spiro atoms. The molecule has 0 aliphatic heterocycles. The second-order valence-corrected chi connectivity index (χ2v) is 7.52. The summed E-state index contributed by atoms with van der Waals surface area (Å²) in [4.78, 5) is 3.33. The number of halogens is 2. The van der Waals surface area contributed by atoms with Crippen LogP contribution in [0.15, 0.2) is 72.9 Å². The highest BCUT2D eigenvalue weighted by atomic mass is 35.5. The third-order valence-electron chi connectivity index (χ3n) is 5.17. The summed E-state index contributed by atoms with van der Waals surface area (Å²) >= 11 is 6.27. The van der Waals surface area contributed by atoms with Crippen LogP contribution in [0.25, 0.3) is 10.9 Å². The van der Waals surface area contributed by atoms with Crippen molar-refractivity contribution in [2.24, 2.45) is 0 Å². The molecule has 4 nitrogen and oxygen atoms in total. The molecule has 0 unspecified atom stereocenters. The Morgan fingerprint density at radius 3 is 2.52 bits per heavy atom. The second-order valence-electron chi connectivity index (χ2n) is 7.11. The zero-order chi connectivity index (χ0) is 20.8. The summed E-state index contributed by atoms with van der Waals surface area (Å²) in [6.45, 7) is 1.95. The van der Waals surface area contributed by atoms with Crippen molar-refractivity contribution < 1.29 is 9.47 Å². The molecule has 4 rings (SSSR count). The van der Waals surface area contributed by atoms with Gasteiger partial charge in [-0.05, 0) is 36.7 Å². The summed E-state index contributed by atoms with van der Waals surface area (Å²) in [7, 11) is 1.66. The highest BCUT2D eigenvalue weighted by molar-refractivity contribution is 6.31. The van der Waals surface area contributed by atoms with Gasteiger partial charge in [0.2, 0.25) is 0 Å². The van der Waals surface area contributed by atoms with Crippen LogP contribution < -0.4 is 14.8 Å². The van der Waals surface area contributed by atoms with Crippen LogP contribution in [0.4, 0.5) is 0 Å². The van der Waals surface area contributed by atoms with Crippen molar-refractivity contribution in [3.63, 3.8) is 0 Å². The van der Waals surface area contributed by atoms with Crippen LogP contribution in [0, 0.1) is 0 Å². The predicted octanol–water partition coefficient (Wildman–Crippen LogP) is 6.16. The van der Waals surface area contributed by atoms with Crippen molar-refractivity contribution in [1.29, 1.82) is 0 Å². The van der Waals surface area contributed by atoms with E-state index in [1.165, 1.54) is 16.5 Å². The highest BCUT2D eigenvalue weighted by Gasteiger charge is 2.12. The van der Waals surface area contributed by atoms with Crippen LogP contribution in [0.3, 0.4) is 0 Å². The highest BCUT2D eigenvalue weighted by Crippen LogP contribution is 2.32.